The maximum atomic E-state index is 13.5. The molecule has 0 spiro atoms. The summed E-state index contributed by atoms with van der Waals surface area (Å²) in [4.78, 5) is 12.9. The van der Waals surface area contributed by atoms with Gasteiger partial charge < -0.3 is 15.8 Å². The number of ether oxygens (including phenoxy) is 1. The summed E-state index contributed by atoms with van der Waals surface area (Å²) < 4.78 is 20.9. The third-order valence-corrected chi connectivity index (χ3v) is 7.35. The predicted molar refractivity (Wildman–Crippen MR) is 133 cm³/mol. The lowest BCUT2D eigenvalue weighted by molar-refractivity contribution is 0.138. The number of halogens is 1. The fraction of sp³-hybridized carbons (Fsp3) is 0.240. The summed E-state index contributed by atoms with van der Waals surface area (Å²) in [6, 6.07) is 22.2. The van der Waals surface area contributed by atoms with Crippen LogP contribution in [-0.2, 0) is 28.6 Å². The number of rotatable bonds is 7. The maximum Gasteiger partial charge on any atom is 0.407 e. The van der Waals surface area contributed by atoms with Crippen molar-refractivity contribution >= 4 is 40.1 Å². The predicted octanol–water partition coefficient (Wildman–Crippen LogP) is 4.74. The number of fused-ring (bicyclic) bond motifs is 1. The van der Waals surface area contributed by atoms with Crippen LogP contribution >= 0.6 is 11.6 Å². The minimum Gasteiger partial charge on any atom is -0.447 e. The first-order valence-corrected chi connectivity index (χ1v) is 12.3. The molecule has 0 fully saturated rings. The normalized spacial score (nSPS) is 16.0. The van der Waals surface area contributed by atoms with E-state index in [1.165, 1.54) is 0 Å². The van der Waals surface area contributed by atoms with Gasteiger partial charge in [-0.1, -0.05) is 41.9 Å². The molecule has 0 aliphatic carbocycles. The van der Waals surface area contributed by atoms with Gasteiger partial charge in [-0.2, -0.15) is 0 Å². The largest absolute Gasteiger partial charge is 0.447 e. The number of nitrogens with zero attached hydrogens (tertiary/aromatic N) is 1. The number of alkyl carbamates (subject to hydrolysis) is 1. The van der Waals surface area contributed by atoms with Gasteiger partial charge in [0.15, 0.2) is 11.0 Å². The van der Waals surface area contributed by atoms with E-state index in [1.807, 2.05) is 52.8 Å². The molecule has 8 heteroatoms. The number of nitrogens with one attached hydrogen (secondary N) is 1. The Bertz CT molecular complexity index is 1120. The fourth-order valence-corrected chi connectivity index (χ4v) is 5.35. The van der Waals surface area contributed by atoms with Crippen molar-refractivity contribution in [1.82, 2.24) is 5.32 Å². The summed E-state index contributed by atoms with van der Waals surface area (Å²) in [6.07, 6.45) is 1.76. The van der Waals surface area contributed by atoms with Gasteiger partial charge in [-0.05, 0) is 72.9 Å². The van der Waals surface area contributed by atoms with Gasteiger partial charge in [-0.3, -0.25) is 4.31 Å². The Labute approximate surface area is 201 Å². The van der Waals surface area contributed by atoms with E-state index in [2.05, 4.69) is 5.32 Å². The number of aryl methyl sites for hydroxylation is 1. The van der Waals surface area contributed by atoms with Crippen molar-refractivity contribution in [3.8, 4) is 0 Å². The first-order chi connectivity index (χ1) is 16.0. The highest BCUT2D eigenvalue weighted by Crippen LogP contribution is 2.34. The Morgan fingerprint density at radius 2 is 1.82 bits per heavy atom. The molecule has 1 aliphatic heterocycles. The van der Waals surface area contributed by atoms with E-state index < -0.39 is 17.1 Å². The monoisotopic (exact) mass is 483 g/mol. The minimum absolute atomic E-state index is 0.140. The number of nitrogens with two attached hydrogens (primary N) is 1. The second-order valence-corrected chi connectivity index (χ2v) is 9.67. The van der Waals surface area contributed by atoms with E-state index in [0.717, 1.165) is 29.7 Å². The molecule has 1 aliphatic rings. The van der Waals surface area contributed by atoms with E-state index >= 15 is 0 Å². The zero-order chi connectivity index (χ0) is 23.2. The first-order valence-electron chi connectivity index (χ1n) is 10.8. The molecule has 2 atom stereocenters. The summed E-state index contributed by atoms with van der Waals surface area (Å²) in [5, 5.41) is 3.37. The van der Waals surface area contributed by atoms with Crippen LogP contribution in [0.1, 0.15) is 17.5 Å². The molecule has 0 radical (unpaired) electrons. The molecule has 6 nitrogen and oxygen atoms in total. The van der Waals surface area contributed by atoms with Gasteiger partial charge in [0.1, 0.15) is 6.61 Å². The van der Waals surface area contributed by atoms with Crippen molar-refractivity contribution in [1.29, 1.82) is 0 Å². The van der Waals surface area contributed by atoms with E-state index in [-0.39, 0.29) is 12.6 Å². The van der Waals surface area contributed by atoms with E-state index in [4.69, 9.17) is 22.1 Å². The molecule has 0 saturated carbocycles. The number of amides is 1. The Kier molecular flexibility index (Phi) is 7.52. The maximum absolute atomic E-state index is 13.5. The summed E-state index contributed by atoms with van der Waals surface area (Å²) in [5.74, 6) is 0. The van der Waals surface area contributed by atoms with E-state index in [1.54, 1.807) is 24.3 Å². The molecule has 1 amide bonds. The number of hydrogen-bond acceptors (Lipinski definition) is 4. The number of carbonyl (C=O) groups excluding carboxylic acids is 1. The third kappa shape index (κ3) is 5.86. The summed E-state index contributed by atoms with van der Waals surface area (Å²) >= 11 is 6.00. The Balaban J connectivity index is 1.40. The van der Waals surface area contributed by atoms with Crippen LogP contribution in [0, 0.1) is 0 Å². The molecule has 3 aromatic carbocycles. The first kappa shape index (κ1) is 23.1. The fourth-order valence-electron chi connectivity index (χ4n) is 3.83. The highest BCUT2D eigenvalue weighted by molar-refractivity contribution is 7.86. The van der Waals surface area contributed by atoms with Crippen molar-refractivity contribution in [2.75, 3.05) is 23.2 Å². The van der Waals surface area contributed by atoms with Crippen LogP contribution in [0.3, 0.4) is 0 Å². The van der Waals surface area contributed by atoms with Gasteiger partial charge in [0.25, 0.3) is 0 Å². The zero-order valence-electron chi connectivity index (χ0n) is 18.1. The molecule has 4 rings (SSSR count). The second-order valence-electron chi connectivity index (χ2n) is 7.87. The SMILES string of the molecule is Nc1ccc(CCNC(=O)OCC2CCc3ccccc3N2S(=O)c2ccc(Cl)cc2)cc1. The van der Waals surface area contributed by atoms with Crippen LogP contribution in [0.2, 0.25) is 5.02 Å². The van der Waals surface area contributed by atoms with Crippen molar-refractivity contribution < 1.29 is 13.7 Å². The molecule has 172 valence electrons. The average Bonchev–Trinajstić information content (AvgIpc) is 2.83. The van der Waals surface area contributed by atoms with Crippen molar-refractivity contribution in [2.45, 2.75) is 30.2 Å². The highest BCUT2D eigenvalue weighted by atomic mass is 35.5. The Morgan fingerprint density at radius 3 is 2.58 bits per heavy atom. The minimum atomic E-state index is -1.46. The van der Waals surface area contributed by atoms with Crippen LogP contribution in [0.25, 0.3) is 0 Å². The second kappa shape index (κ2) is 10.7. The summed E-state index contributed by atoms with van der Waals surface area (Å²) in [6.45, 7) is 0.595. The molecular weight excluding hydrogens is 458 g/mol. The topological polar surface area (TPSA) is 84.7 Å². The number of para-hydroxylation sites is 1. The average molecular weight is 484 g/mol. The Morgan fingerprint density at radius 1 is 1.09 bits per heavy atom. The third-order valence-electron chi connectivity index (χ3n) is 5.57. The molecular formula is C25H26ClN3O3S. The molecule has 3 aromatic rings. The van der Waals surface area contributed by atoms with Crippen molar-refractivity contribution in [2.24, 2.45) is 0 Å². The lowest BCUT2D eigenvalue weighted by Gasteiger charge is -2.37. The van der Waals surface area contributed by atoms with Gasteiger partial charge in [-0.25, -0.2) is 9.00 Å². The molecule has 3 N–H and O–H groups in total. The van der Waals surface area contributed by atoms with Gasteiger partial charge in [0.05, 0.1) is 16.6 Å². The summed E-state index contributed by atoms with van der Waals surface area (Å²) in [5.41, 5.74) is 9.52. The van der Waals surface area contributed by atoms with Crippen LogP contribution in [0.4, 0.5) is 16.2 Å². The van der Waals surface area contributed by atoms with Gasteiger partial charge in [-0.15, -0.1) is 0 Å². The lowest BCUT2D eigenvalue weighted by Crippen LogP contribution is -2.44. The van der Waals surface area contributed by atoms with Crippen molar-refractivity contribution in [3.05, 3.63) is 88.9 Å². The van der Waals surface area contributed by atoms with Gasteiger partial charge >= 0.3 is 6.09 Å². The smallest absolute Gasteiger partial charge is 0.407 e. The number of carbonyl (C=O) groups is 1. The van der Waals surface area contributed by atoms with Crippen LogP contribution in [0.15, 0.2) is 77.7 Å². The molecule has 1 heterocycles. The molecule has 0 aromatic heterocycles. The van der Waals surface area contributed by atoms with Gasteiger partial charge in [0, 0.05) is 17.3 Å². The quantitative estimate of drug-likeness (QED) is 0.475. The standard InChI is InChI=1S/C25H26ClN3O3S/c26-20-8-13-23(14-9-20)33(31)29-22(12-7-19-3-1-2-4-24(19)29)17-32-25(30)28-16-15-18-5-10-21(27)11-6-18/h1-6,8-11,13-14,22H,7,12,15-17,27H2,(H,28,30). The molecule has 2 unspecified atom stereocenters. The molecule has 0 saturated heterocycles. The Hall–Kier alpha value is -3.03. The molecule has 33 heavy (non-hydrogen) atoms. The van der Waals surface area contributed by atoms with Crippen molar-refractivity contribution in [3.63, 3.8) is 0 Å². The van der Waals surface area contributed by atoms with E-state index in [0.29, 0.717) is 28.6 Å². The number of hydrogen-bond donors (Lipinski definition) is 2. The number of benzene rings is 3. The van der Waals surface area contributed by atoms with E-state index in [9.17, 15) is 9.00 Å². The number of nitrogen functional groups attached to an aromatic ring is 1. The highest BCUT2D eigenvalue weighted by Gasteiger charge is 2.32. The van der Waals surface area contributed by atoms with Gasteiger partial charge in [0.2, 0.25) is 0 Å². The molecule has 0 bridgehead atoms. The van der Waals surface area contributed by atoms with Crippen LogP contribution in [-0.4, -0.2) is 29.5 Å². The lowest BCUT2D eigenvalue weighted by atomic mass is 9.98. The summed E-state index contributed by atoms with van der Waals surface area (Å²) in [7, 11) is -1.46. The number of anilines is 2. The zero-order valence-corrected chi connectivity index (χ0v) is 19.6. The van der Waals surface area contributed by atoms with Crippen LogP contribution in [0.5, 0.6) is 0 Å². The van der Waals surface area contributed by atoms with Crippen LogP contribution < -0.4 is 15.4 Å².